The Hall–Kier alpha value is -4.13. The third kappa shape index (κ3) is 6.79. The molecule has 1 saturated heterocycles. The maximum atomic E-state index is 13.2. The third-order valence-electron chi connectivity index (χ3n) is 7.10. The number of amidine groups is 1. The van der Waals surface area contributed by atoms with Gasteiger partial charge in [-0.3, -0.25) is 14.6 Å². The van der Waals surface area contributed by atoms with Crippen LogP contribution in [-0.4, -0.2) is 55.8 Å². The molecule has 0 aliphatic carbocycles. The lowest BCUT2D eigenvalue weighted by Gasteiger charge is -2.25. The molecule has 1 aliphatic rings. The Kier molecular flexibility index (Phi) is 9.14. The molecule has 0 aromatic heterocycles. The number of benzene rings is 3. The van der Waals surface area contributed by atoms with Crippen molar-refractivity contribution in [3.8, 4) is 16.9 Å². The molecule has 7 nitrogen and oxygen atoms in total. The lowest BCUT2D eigenvalue weighted by Crippen LogP contribution is -2.38. The molecule has 1 heterocycles. The number of aliphatic imine (C=N–C) groups is 1. The molecular weight excluding hydrogens is 476 g/mol. The highest BCUT2D eigenvalue weighted by Gasteiger charge is 2.40. The number of carbonyl (C=O) groups excluding carboxylic acids is 2. The third-order valence-corrected chi connectivity index (χ3v) is 7.10. The standard InChI is InChI=1S/C31H36N4O3/c1-33-29(36)20-26-19-27(35(31(26)37)18-6-9-22-7-4-3-5-8-22)21-38-28-16-14-24(15-17-28)23-10-12-25(13-11-23)30(32)34-2/h3-5,7-8,10-17,26-27H,6,9,18-21H2,1-2H3,(H2,32,34)(H,33,36)/t26-,27-/m0/s1. The Labute approximate surface area is 224 Å². The van der Waals surface area contributed by atoms with Gasteiger partial charge in [0.25, 0.3) is 0 Å². The summed E-state index contributed by atoms with van der Waals surface area (Å²) < 4.78 is 6.14. The van der Waals surface area contributed by atoms with Crippen molar-refractivity contribution in [2.45, 2.75) is 31.7 Å². The van der Waals surface area contributed by atoms with Gasteiger partial charge in [0.1, 0.15) is 18.2 Å². The average molecular weight is 513 g/mol. The molecule has 38 heavy (non-hydrogen) atoms. The molecule has 4 rings (SSSR count). The highest BCUT2D eigenvalue weighted by molar-refractivity contribution is 5.97. The minimum atomic E-state index is -0.308. The van der Waals surface area contributed by atoms with Crippen LogP contribution in [0.5, 0.6) is 5.75 Å². The molecule has 2 amide bonds. The van der Waals surface area contributed by atoms with Crippen LogP contribution in [-0.2, 0) is 16.0 Å². The number of nitrogens with zero attached hydrogens (tertiary/aromatic N) is 2. The summed E-state index contributed by atoms with van der Waals surface area (Å²) in [4.78, 5) is 31.1. The fourth-order valence-corrected chi connectivity index (χ4v) is 4.91. The number of carbonyl (C=O) groups is 2. The molecular formula is C31H36N4O3. The number of aryl methyl sites for hydroxylation is 1. The number of ether oxygens (including phenoxy) is 1. The Bertz CT molecular complexity index is 1240. The van der Waals surface area contributed by atoms with E-state index in [1.165, 1.54) is 5.56 Å². The van der Waals surface area contributed by atoms with Crippen molar-refractivity contribution >= 4 is 17.6 Å². The van der Waals surface area contributed by atoms with Crippen LogP contribution in [0.2, 0.25) is 0 Å². The zero-order valence-electron chi connectivity index (χ0n) is 22.1. The Morgan fingerprint density at radius 2 is 1.68 bits per heavy atom. The second kappa shape index (κ2) is 12.9. The molecule has 198 valence electrons. The first-order chi connectivity index (χ1) is 18.5. The first-order valence-corrected chi connectivity index (χ1v) is 13.1. The summed E-state index contributed by atoms with van der Waals surface area (Å²) in [7, 11) is 3.28. The van der Waals surface area contributed by atoms with Crippen molar-refractivity contribution < 1.29 is 14.3 Å². The topological polar surface area (TPSA) is 97.0 Å². The largest absolute Gasteiger partial charge is 0.491 e. The number of likely N-dealkylation sites (tertiary alicyclic amines) is 1. The van der Waals surface area contributed by atoms with Gasteiger partial charge in [0.05, 0.1) is 6.04 Å². The van der Waals surface area contributed by atoms with Gasteiger partial charge < -0.3 is 20.7 Å². The maximum Gasteiger partial charge on any atom is 0.226 e. The number of amides is 2. The van der Waals surface area contributed by atoms with E-state index < -0.39 is 0 Å². The van der Waals surface area contributed by atoms with Crippen LogP contribution in [0.4, 0.5) is 0 Å². The first-order valence-electron chi connectivity index (χ1n) is 13.1. The minimum absolute atomic E-state index is 0.0443. The van der Waals surface area contributed by atoms with Gasteiger partial charge in [-0.05, 0) is 48.1 Å². The molecule has 0 bridgehead atoms. The van der Waals surface area contributed by atoms with Crippen LogP contribution >= 0.6 is 0 Å². The van der Waals surface area contributed by atoms with Crippen molar-refractivity contribution in [2.24, 2.45) is 16.6 Å². The van der Waals surface area contributed by atoms with E-state index in [1.807, 2.05) is 71.6 Å². The zero-order valence-corrected chi connectivity index (χ0v) is 22.1. The van der Waals surface area contributed by atoms with Gasteiger partial charge in [-0.25, -0.2) is 0 Å². The van der Waals surface area contributed by atoms with Crippen molar-refractivity contribution in [1.82, 2.24) is 10.2 Å². The Balaban J connectivity index is 1.38. The number of hydrogen-bond acceptors (Lipinski definition) is 4. The summed E-state index contributed by atoms with van der Waals surface area (Å²) in [6.45, 7) is 1.04. The Morgan fingerprint density at radius 3 is 2.32 bits per heavy atom. The van der Waals surface area contributed by atoms with Gasteiger partial charge in [0.2, 0.25) is 11.8 Å². The Morgan fingerprint density at radius 1 is 1.03 bits per heavy atom. The fourth-order valence-electron chi connectivity index (χ4n) is 4.91. The summed E-state index contributed by atoms with van der Waals surface area (Å²) in [6, 6.07) is 26.1. The predicted molar refractivity (Wildman–Crippen MR) is 151 cm³/mol. The van der Waals surface area contributed by atoms with Gasteiger partial charge in [-0.1, -0.05) is 66.7 Å². The minimum Gasteiger partial charge on any atom is -0.491 e. The van der Waals surface area contributed by atoms with Crippen LogP contribution < -0.4 is 15.8 Å². The van der Waals surface area contributed by atoms with Gasteiger partial charge in [-0.15, -0.1) is 0 Å². The zero-order chi connectivity index (χ0) is 26.9. The lowest BCUT2D eigenvalue weighted by molar-refractivity contribution is -0.135. The summed E-state index contributed by atoms with van der Waals surface area (Å²) in [5.74, 6) is 0.888. The number of nitrogens with two attached hydrogens (primary N) is 1. The lowest BCUT2D eigenvalue weighted by atomic mass is 10.0. The SMILES string of the molecule is CN=C(N)c1ccc(-c2ccc(OC[C@@H]3C[C@@H](CC(=O)NC)C(=O)N3CCCc3ccccc3)cc2)cc1. The molecule has 2 atom stereocenters. The second-order valence-corrected chi connectivity index (χ2v) is 9.61. The normalized spacial score (nSPS) is 17.5. The van der Waals surface area contributed by atoms with E-state index in [2.05, 4.69) is 22.4 Å². The molecule has 0 spiro atoms. The molecule has 0 unspecified atom stereocenters. The quantitative estimate of drug-likeness (QED) is 0.299. The maximum absolute atomic E-state index is 13.2. The van der Waals surface area contributed by atoms with Gasteiger partial charge >= 0.3 is 0 Å². The van der Waals surface area contributed by atoms with Crippen LogP contribution in [0, 0.1) is 5.92 Å². The van der Waals surface area contributed by atoms with E-state index >= 15 is 0 Å². The molecule has 1 fully saturated rings. The van der Waals surface area contributed by atoms with Crippen LogP contribution in [0.25, 0.3) is 11.1 Å². The molecule has 7 heteroatoms. The monoisotopic (exact) mass is 512 g/mol. The van der Waals surface area contributed by atoms with E-state index in [0.717, 1.165) is 35.3 Å². The fraction of sp³-hybridized carbons (Fsp3) is 0.323. The van der Waals surface area contributed by atoms with E-state index in [9.17, 15) is 9.59 Å². The highest BCUT2D eigenvalue weighted by Crippen LogP contribution is 2.29. The van der Waals surface area contributed by atoms with E-state index in [-0.39, 0.29) is 30.2 Å². The van der Waals surface area contributed by atoms with Crippen LogP contribution in [0.15, 0.2) is 83.9 Å². The van der Waals surface area contributed by atoms with E-state index in [0.29, 0.717) is 25.4 Å². The van der Waals surface area contributed by atoms with Gasteiger partial charge in [0.15, 0.2) is 0 Å². The van der Waals surface area contributed by atoms with Crippen molar-refractivity contribution in [1.29, 1.82) is 0 Å². The van der Waals surface area contributed by atoms with Crippen molar-refractivity contribution in [2.75, 3.05) is 27.2 Å². The summed E-state index contributed by atoms with van der Waals surface area (Å²) >= 11 is 0. The molecule has 3 N–H and O–H groups in total. The molecule has 0 radical (unpaired) electrons. The average Bonchev–Trinajstić information content (AvgIpc) is 3.25. The second-order valence-electron chi connectivity index (χ2n) is 9.61. The van der Waals surface area contributed by atoms with E-state index in [1.54, 1.807) is 14.1 Å². The molecule has 3 aromatic carbocycles. The summed E-state index contributed by atoms with van der Waals surface area (Å²) in [5, 5.41) is 2.64. The number of rotatable bonds is 11. The molecule has 1 aliphatic heterocycles. The summed E-state index contributed by atoms with van der Waals surface area (Å²) in [6.07, 6.45) is 2.59. The van der Waals surface area contributed by atoms with Gasteiger partial charge in [0, 0.05) is 38.5 Å². The van der Waals surface area contributed by atoms with Crippen LogP contribution in [0.3, 0.4) is 0 Å². The first kappa shape index (κ1) is 26.9. The molecule has 0 saturated carbocycles. The molecule has 3 aromatic rings. The number of nitrogens with one attached hydrogen (secondary N) is 1. The van der Waals surface area contributed by atoms with Crippen LogP contribution in [0.1, 0.15) is 30.4 Å². The van der Waals surface area contributed by atoms with E-state index in [4.69, 9.17) is 10.5 Å². The van der Waals surface area contributed by atoms with Crippen molar-refractivity contribution in [3.05, 3.63) is 90.0 Å². The van der Waals surface area contributed by atoms with Crippen molar-refractivity contribution in [3.63, 3.8) is 0 Å². The summed E-state index contributed by atoms with van der Waals surface area (Å²) in [5.41, 5.74) is 10.2. The smallest absolute Gasteiger partial charge is 0.226 e. The predicted octanol–water partition coefficient (Wildman–Crippen LogP) is 4.05. The number of hydrogen-bond donors (Lipinski definition) is 2. The van der Waals surface area contributed by atoms with Gasteiger partial charge in [-0.2, -0.15) is 0 Å². The highest BCUT2D eigenvalue weighted by atomic mass is 16.5.